The number of benzene rings is 1. The largest absolute Gasteiger partial charge is 0.468 e. The maximum absolute atomic E-state index is 12.5. The van der Waals surface area contributed by atoms with Crippen LogP contribution in [0.25, 0.3) is 0 Å². The van der Waals surface area contributed by atoms with Gasteiger partial charge in [0.15, 0.2) is 0 Å². The summed E-state index contributed by atoms with van der Waals surface area (Å²) >= 11 is 3.09. The molecular weight excluding hydrogens is 370 g/mol. The summed E-state index contributed by atoms with van der Waals surface area (Å²) in [5, 5.41) is 0. The van der Waals surface area contributed by atoms with E-state index in [0.29, 0.717) is 0 Å². The Bertz CT molecular complexity index is 639. The third-order valence-corrected chi connectivity index (χ3v) is 4.25. The zero-order chi connectivity index (χ0) is 17.1. The average molecular weight is 384 g/mol. The van der Waals surface area contributed by atoms with E-state index in [4.69, 9.17) is 0 Å². The molecule has 23 heavy (non-hydrogen) atoms. The summed E-state index contributed by atoms with van der Waals surface area (Å²) in [6, 6.07) is 5.05. The number of halogens is 1. The molecule has 8 heteroatoms. The van der Waals surface area contributed by atoms with Crippen LogP contribution >= 0.6 is 15.9 Å². The van der Waals surface area contributed by atoms with Crippen molar-refractivity contribution >= 4 is 39.7 Å². The molecule has 1 heterocycles. The van der Waals surface area contributed by atoms with E-state index in [2.05, 4.69) is 25.4 Å². The van der Waals surface area contributed by atoms with Crippen molar-refractivity contribution in [2.45, 2.75) is 17.3 Å². The SMILES string of the molecule is COC(=O)[C@@H](C[C@H](Br)C(=O)OC)N1C(=O)c2ccccc2C1=O. The Kier molecular flexibility index (Phi) is 5.15. The summed E-state index contributed by atoms with van der Waals surface area (Å²) in [6.07, 6.45) is -0.148. The van der Waals surface area contributed by atoms with E-state index in [-0.39, 0.29) is 17.5 Å². The fraction of sp³-hybridized carbons (Fsp3) is 0.333. The van der Waals surface area contributed by atoms with Gasteiger partial charge in [0.05, 0.1) is 25.3 Å². The third kappa shape index (κ3) is 3.12. The number of carbonyl (C=O) groups is 4. The Morgan fingerprint density at radius 1 is 1.04 bits per heavy atom. The van der Waals surface area contributed by atoms with Gasteiger partial charge in [-0.2, -0.15) is 0 Å². The van der Waals surface area contributed by atoms with Crippen molar-refractivity contribution in [1.29, 1.82) is 0 Å². The normalized spacial score (nSPS) is 15.9. The van der Waals surface area contributed by atoms with E-state index in [9.17, 15) is 19.2 Å². The lowest BCUT2D eigenvalue weighted by molar-refractivity contribution is -0.146. The van der Waals surface area contributed by atoms with Crippen molar-refractivity contribution in [3.63, 3.8) is 0 Å². The average Bonchev–Trinajstić information content (AvgIpc) is 2.82. The van der Waals surface area contributed by atoms with Gasteiger partial charge in [-0.1, -0.05) is 28.1 Å². The van der Waals surface area contributed by atoms with Crippen LogP contribution in [0.15, 0.2) is 24.3 Å². The maximum Gasteiger partial charge on any atom is 0.329 e. The summed E-state index contributed by atoms with van der Waals surface area (Å²) in [4.78, 5) is 48.5. The molecule has 2 rings (SSSR count). The standard InChI is InChI=1S/C15H14BrNO6/c1-22-14(20)10(16)7-11(15(21)23-2)17-12(18)8-5-3-4-6-9(8)13(17)19/h3-6,10-11H,7H2,1-2H3/t10-,11+/m0/s1. The highest BCUT2D eigenvalue weighted by molar-refractivity contribution is 9.10. The summed E-state index contributed by atoms with van der Waals surface area (Å²) < 4.78 is 9.25. The molecule has 1 aliphatic heterocycles. The molecule has 0 aromatic heterocycles. The van der Waals surface area contributed by atoms with Gasteiger partial charge in [-0.15, -0.1) is 0 Å². The Balaban J connectivity index is 2.34. The van der Waals surface area contributed by atoms with Gasteiger partial charge >= 0.3 is 11.9 Å². The van der Waals surface area contributed by atoms with Crippen LogP contribution in [0.2, 0.25) is 0 Å². The fourth-order valence-corrected chi connectivity index (χ4v) is 2.90. The molecular formula is C15H14BrNO6. The second kappa shape index (κ2) is 6.91. The van der Waals surface area contributed by atoms with Gasteiger partial charge < -0.3 is 9.47 Å². The summed E-state index contributed by atoms with van der Waals surface area (Å²) in [5.74, 6) is -2.58. The first-order valence-electron chi connectivity index (χ1n) is 6.69. The molecule has 7 nitrogen and oxygen atoms in total. The summed E-state index contributed by atoms with van der Waals surface area (Å²) in [6.45, 7) is 0. The number of rotatable bonds is 5. The fourth-order valence-electron chi connectivity index (χ4n) is 2.35. The van der Waals surface area contributed by atoms with E-state index >= 15 is 0 Å². The number of alkyl halides is 1. The molecule has 0 bridgehead atoms. The van der Waals surface area contributed by atoms with Crippen molar-refractivity contribution in [3.8, 4) is 0 Å². The van der Waals surface area contributed by atoms with Crippen molar-refractivity contribution in [1.82, 2.24) is 4.90 Å². The molecule has 0 N–H and O–H groups in total. The Labute approximate surface area is 140 Å². The van der Waals surface area contributed by atoms with Crippen molar-refractivity contribution in [2.24, 2.45) is 0 Å². The van der Waals surface area contributed by atoms with Crippen molar-refractivity contribution in [2.75, 3.05) is 14.2 Å². The van der Waals surface area contributed by atoms with Gasteiger partial charge in [-0.25, -0.2) is 4.79 Å². The topological polar surface area (TPSA) is 90.0 Å². The molecule has 122 valence electrons. The van der Waals surface area contributed by atoms with Crippen molar-refractivity contribution in [3.05, 3.63) is 35.4 Å². The molecule has 1 aliphatic rings. The third-order valence-electron chi connectivity index (χ3n) is 3.50. The van der Waals surface area contributed by atoms with Crippen LogP contribution in [0.3, 0.4) is 0 Å². The number of fused-ring (bicyclic) bond motifs is 1. The first-order chi connectivity index (χ1) is 10.9. The van der Waals surface area contributed by atoms with E-state index in [1.54, 1.807) is 12.1 Å². The molecule has 1 aromatic carbocycles. The first-order valence-corrected chi connectivity index (χ1v) is 7.60. The lowest BCUT2D eigenvalue weighted by atomic mass is 10.1. The Morgan fingerprint density at radius 3 is 1.96 bits per heavy atom. The minimum atomic E-state index is -1.23. The van der Waals surface area contributed by atoms with Gasteiger partial charge in [0.1, 0.15) is 10.9 Å². The number of esters is 2. The number of amides is 2. The maximum atomic E-state index is 12.5. The minimum absolute atomic E-state index is 0.148. The van der Waals surface area contributed by atoms with Crippen LogP contribution in [0.4, 0.5) is 0 Å². The smallest absolute Gasteiger partial charge is 0.329 e. The molecule has 0 aliphatic carbocycles. The second-order valence-corrected chi connectivity index (χ2v) is 5.90. The molecule has 0 saturated carbocycles. The molecule has 1 aromatic rings. The highest BCUT2D eigenvalue weighted by Gasteiger charge is 2.44. The molecule has 0 saturated heterocycles. The molecule has 2 atom stereocenters. The molecule has 2 amide bonds. The zero-order valence-electron chi connectivity index (χ0n) is 12.4. The molecule has 0 spiro atoms. The highest BCUT2D eigenvalue weighted by atomic mass is 79.9. The van der Waals surface area contributed by atoms with Gasteiger partial charge in [0.25, 0.3) is 11.8 Å². The second-order valence-electron chi connectivity index (χ2n) is 4.79. The van der Waals surface area contributed by atoms with Crippen molar-refractivity contribution < 1.29 is 28.7 Å². The lowest BCUT2D eigenvalue weighted by Gasteiger charge is -2.25. The number of nitrogens with zero attached hydrogens (tertiary/aromatic N) is 1. The number of hydrogen-bond acceptors (Lipinski definition) is 6. The predicted molar refractivity (Wildman–Crippen MR) is 82.1 cm³/mol. The molecule has 0 radical (unpaired) electrons. The van der Waals surface area contributed by atoms with Crippen LogP contribution < -0.4 is 0 Å². The predicted octanol–water partition coefficient (Wildman–Crippen LogP) is 1.15. The van der Waals surface area contributed by atoms with Gasteiger partial charge in [-0.05, 0) is 12.1 Å². The summed E-state index contributed by atoms with van der Waals surface area (Å²) in [5.41, 5.74) is 0.436. The first kappa shape index (κ1) is 17.1. The molecule has 0 fully saturated rings. The monoisotopic (exact) mass is 383 g/mol. The number of ether oxygens (including phenoxy) is 2. The van der Waals surface area contributed by atoms with E-state index in [0.717, 1.165) is 12.0 Å². The lowest BCUT2D eigenvalue weighted by Crippen LogP contribution is -2.47. The Morgan fingerprint density at radius 2 is 1.52 bits per heavy atom. The van der Waals surface area contributed by atoms with E-state index < -0.39 is 34.6 Å². The number of carbonyl (C=O) groups excluding carboxylic acids is 4. The highest BCUT2D eigenvalue weighted by Crippen LogP contribution is 2.27. The number of imide groups is 1. The quantitative estimate of drug-likeness (QED) is 0.430. The van der Waals surface area contributed by atoms with Crippen LogP contribution in [-0.2, 0) is 19.1 Å². The van der Waals surface area contributed by atoms with Crippen LogP contribution in [0.1, 0.15) is 27.1 Å². The number of hydrogen-bond donors (Lipinski definition) is 0. The Hall–Kier alpha value is -2.22. The van der Waals surface area contributed by atoms with Gasteiger partial charge in [0.2, 0.25) is 0 Å². The minimum Gasteiger partial charge on any atom is -0.468 e. The van der Waals surface area contributed by atoms with Gasteiger partial charge in [0, 0.05) is 6.42 Å². The van der Waals surface area contributed by atoms with E-state index in [1.165, 1.54) is 19.2 Å². The van der Waals surface area contributed by atoms with Crippen LogP contribution in [0, 0.1) is 0 Å². The van der Waals surface area contributed by atoms with Crippen LogP contribution in [0.5, 0.6) is 0 Å². The van der Waals surface area contributed by atoms with E-state index in [1.807, 2.05) is 0 Å². The van der Waals surface area contributed by atoms with Crippen LogP contribution in [-0.4, -0.2) is 53.7 Å². The van der Waals surface area contributed by atoms with Gasteiger partial charge in [-0.3, -0.25) is 19.3 Å². The number of methoxy groups -OCH3 is 2. The summed E-state index contributed by atoms with van der Waals surface area (Å²) in [7, 11) is 2.35. The zero-order valence-corrected chi connectivity index (χ0v) is 14.0. The molecule has 0 unspecified atom stereocenters.